The number of rotatable bonds is 8. The van der Waals surface area contributed by atoms with E-state index in [9.17, 15) is 4.79 Å². The van der Waals surface area contributed by atoms with Gasteiger partial charge in [0.05, 0.1) is 6.54 Å². The lowest BCUT2D eigenvalue weighted by Crippen LogP contribution is -2.42. The molecule has 0 heterocycles. The summed E-state index contributed by atoms with van der Waals surface area (Å²) in [5.41, 5.74) is 2.45. The topological polar surface area (TPSA) is 32.3 Å². The Morgan fingerprint density at radius 3 is 2.09 bits per heavy atom. The molecule has 3 nitrogen and oxygen atoms in total. The second kappa shape index (κ2) is 9.11. The molecule has 1 amide bonds. The lowest BCUT2D eigenvalue weighted by molar-refractivity contribution is -0.132. The van der Waals surface area contributed by atoms with Crippen molar-refractivity contribution in [1.29, 1.82) is 0 Å². The van der Waals surface area contributed by atoms with E-state index in [0.29, 0.717) is 13.1 Å². The van der Waals surface area contributed by atoms with Crippen molar-refractivity contribution in [3.05, 3.63) is 71.8 Å². The Morgan fingerprint density at radius 1 is 0.957 bits per heavy atom. The van der Waals surface area contributed by atoms with E-state index in [1.165, 1.54) is 11.1 Å². The molecule has 0 fully saturated rings. The molecule has 122 valence electrons. The van der Waals surface area contributed by atoms with Crippen LogP contribution < -0.4 is 5.32 Å². The molecule has 23 heavy (non-hydrogen) atoms. The predicted molar refractivity (Wildman–Crippen MR) is 95.1 cm³/mol. The summed E-state index contributed by atoms with van der Waals surface area (Å²) in [6.07, 6.45) is 0.939. The zero-order chi connectivity index (χ0) is 16.5. The molecule has 0 aliphatic heterocycles. The van der Waals surface area contributed by atoms with Crippen molar-refractivity contribution < 1.29 is 4.79 Å². The summed E-state index contributed by atoms with van der Waals surface area (Å²) < 4.78 is 0. The van der Waals surface area contributed by atoms with Gasteiger partial charge in [-0.05, 0) is 37.9 Å². The third kappa shape index (κ3) is 5.87. The number of benzene rings is 2. The SMILES string of the molecule is CC(C)N(Cc1ccccc1)C(=O)CNCCc1ccccc1. The first-order chi connectivity index (χ1) is 11.2. The molecule has 2 aromatic rings. The maximum atomic E-state index is 12.5. The Kier molecular flexibility index (Phi) is 6.82. The Balaban J connectivity index is 1.79. The van der Waals surface area contributed by atoms with Gasteiger partial charge in [0, 0.05) is 12.6 Å². The van der Waals surface area contributed by atoms with Gasteiger partial charge in [0.1, 0.15) is 0 Å². The van der Waals surface area contributed by atoms with Crippen LogP contribution in [0.2, 0.25) is 0 Å². The fraction of sp³-hybridized carbons (Fsp3) is 0.350. The first-order valence-corrected chi connectivity index (χ1v) is 8.25. The van der Waals surface area contributed by atoms with Crippen LogP contribution in [-0.4, -0.2) is 29.9 Å². The third-order valence-electron chi connectivity index (χ3n) is 3.85. The predicted octanol–water partition coefficient (Wildman–Crippen LogP) is 3.26. The summed E-state index contributed by atoms with van der Waals surface area (Å²) in [7, 11) is 0. The molecule has 1 N–H and O–H groups in total. The molecule has 0 aliphatic rings. The van der Waals surface area contributed by atoms with Crippen molar-refractivity contribution in [2.45, 2.75) is 32.9 Å². The van der Waals surface area contributed by atoms with E-state index in [1.54, 1.807) is 0 Å². The lowest BCUT2D eigenvalue weighted by atomic mass is 10.1. The van der Waals surface area contributed by atoms with Crippen LogP contribution in [0.1, 0.15) is 25.0 Å². The summed E-state index contributed by atoms with van der Waals surface area (Å²) in [6.45, 7) is 5.98. The average molecular weight is 310 g/mol. The van der Waals surface area contributed by atoms with E-state index in [-0.39, 0.29) is 11.9 Å². The van der Waals surface area contributed by atoms with Crippen LogP contribution >= 0.6 is 0 Å². The Morgan fingerprint density at radius 2 is 1.52 bits per heavy atom. The molecule has 2 rings (SSSR count). The average Bonchev–Trinajstić information content (AvgIpc) is 2.58. The molecular formula is C20H26N2O. The van der Waals surface area contributed by atoms with Gasteiger partial charge in [0.2, 0.25) is 5.91 Å². The zero-order valence-corrected chi connectivity index (χ0v) is 14.0. The first-order valence-electron chi connectivity index (χ1n) is 8.25. The highest BCUT2D eigenvalue weighted by molar-refractivity contribution is 5.78. The summed E-state index contributed by atoms with van der Waals surface area (Å²) in [5, 5.41) is 3.26. The summed E-state index contributed by atoms with van der Waals surface area (Å²) in [5.74, 6) is 0.150. The van der Waals surface area contributed by atoms with E-state index in [0.717, 1.165) is 13.0 Å². The maximum absolute atomic E-state index is 12.5. The van der Waals surface area contributed by atoms with Crippen molar-refractivity contribution in [3.8, 4) is 0 Å². The first kappa shape index (κ1) is 17.2. The molecule has 3 heteroatoms. The number of carbonyl (C=O) groups excluding carboxylic acids is 1. The normalized spacial score (nSPS) is 10.7. The Hall–Kier alpha value is -2.13. The van der Waals surface area contributed by atoms with Crippen LogP contribution in [0.25, 0.3) is 0 Å². The minimum atomic E-state index is 0.150. The molecule has 0 saturated carbocycles. The number of nitrogens with one attached hydrogen (secondary N) is 1. The molecule has 0 aromatic heterocycles. The summed E-state index contributed by atoms with van der Waals surface area (Å²) >= 11 is 0. The third-order valence-corrected chi connectivity index (χ3v) is 3.85. The van der Waals surface area contributed by atoms with Crippen molar-refractivity contribution in [2.75, 3.05) is 13.1 Å². The van der Waals surface area contributed by atoms with Crippen molar-refractivity contribution in [2.24, 2.45) is 0 Å². The van der Waals surface area contributed by atoms with E-state index >= 15 is 0 Å². The molecule has 0 spiro atoms. The van der Waals surface area contributed by atoms with E-state index in [1.807, 2.05) is 41.3 Å². The van der Waals surface area contributed by atoms with Gasteiger partial charge < -0.3 is 10.2 Å². The summed E-state index contributed by atoms with van der Waals surface area (Å²) in [4.78, 5) is 14.4. The second-order valence-electron chi connectivity index (χ2n) is 6.01. The van der Waals surface area contributed by atoms with Gasteiger partial charge in [-0.25, -0.2) is 0 Å². The Labute approximate surface area is 139 Å². The highest BCUT2D eigenvalue weighted by Crippen LogP contribution is 2.08. The van der Waals surface area contributed by atoms with Gasteiger partial charge in [0.15, 0.2) is 0 Å². The molecule has 2 aromatic carbocycles. The zero-order valence-electron chi connectivity index (χ0n) is 14.0. The molecule has 0 aliphatic carbocycles. The smallest absolute Gasteiger partial charge is 0.237 e. The number of hydrogen-bond acceptors (Lipinski definition) is 2. The fourth-order valence-electron chi connectivity index (χ4n) is 2.51. The standard InChI is InChI=1S/C20H26N2O/c1-17(2)22(16-19-11-7-4-8-12-19)20(23)15-21-14-13-18-9-5-3-6-10-18/h3-12,17,21H,13-16H2,1-2H3. The van der Waals surface area contributed by atoms with E-state index in [2.05, 4.69) is 43.4 Å². The van der Waals surface area contributed by atoms with E-state index < -0.39 is 0 Å². The van der Waals surface area contributed by atoms with Crippen LogP contribution in [-0.2, 0) is 17.8 Å². The van der Waals surface area contributed by atoms with Crippen LogP contribution in [0.15, 0.2) is 60.7 Å². The molecule has 0 bridgehead atoms. The van der Waals surface area contributed by atoms with Gasteiger partial charge in [-0.1, -0.05) is 60.7 Å². The molecule has 0 unspecified atom stereocenters. The second-order valence-corrected chi connectivity index (χ2v) is 6.01. The van der Waals surface area contributed by atoms with Gasteiger partial charge >= 0.3 is 0 Å². The van der Waals surface area contributed by atoms with Crippen LogP contribution in [0.5, 0.6) is 0 Å². The van der Waals surface area contributed by atoms with Crippen LogP contribution in [0, 0.1) is 0 Å². The molecular weight excluding hydrogens is 284 g/mol. The fourth-order valence-corrected chi connectivity index (χ4v) is 2.51. The van der Waals surface area contributed by atoms with Crippen LogP contribution in [0.3, 0.4) is 0 Å². The highest BCUT2D eigenvalue weighted by atomic mass is 16.2. The number of amides is 1. The minimum absolute atomic E-state index is 0.150. The van der Waals surface area contributed by atoms with E-state index in [4.69, 9.17) is 0 Å². The Bertz CT molecular complexity index is 581. The van der Waals surface area contributed by atoms with Crippen molar-refractivity contribution >= 4 is 5.91 Å². The lowest BCUT2D eigenvalue weighted by Gasteiger charge is -2.27. The quantitative estimate of drug-likeness (QED) is 0.759. The molecule has 0 atom stereocenters. The number of hydrogen-bond donors (Lipinski definition) is 1. The molecule has 0 radical (unpaired) electrons. The summed E-state index contributed by atoms with van der Waals surface area (Å²) in [6, 6.07) is 20.7. The maximum Gasteiger partial charge on any atom is 0.237 e. The minimum Gasteiger partial charge on any atom is -0.335 e. The highest BCUT2D eigenvalue weighted by Gasteiger charge is 2.16. The van der Waals surface area contributed by atoms with Gasteiger partial charge in [-0.2, -0.15) is 0 Å². The van der Waals surface area contributed by atoms with Gasteiger partial charge in [0.25, 0.3) is 0 Å². The van der Waals surface area contributed by atoms with Gasteiger partial charge in [-0.3, -0.25) is 4.79 Å². The van der Waals surface area contributed by atoms with Gasteiger partial charge in [-0.15, -0.1) is 0 Å². The van der Waals surface area contributed by atoms with Crippen molar-refractivity contribution in [1.82, 2.24) is 10.2 Å². The number of carbonyl (C=O) groups is 1. The number of nitrogens with zero attached hydrogens (tertiary/aromatic N) is 1. The monoisotopic (exact) mass is 310 g/mol. The molecule has 0 saturated heterocycles. The van der Waals surface area contributed by atoms with Crippen molar-refractivity contribution in [3.63, 3.8) is 0 Å². The largest absolute Gasteiger partial charge is 0.335 e. The van der Waals surface area contributed by atoms with Crippen LogP contribution in [0.4, 0.5) is 0 Å².